The first-order chi connectivity index (χ1) is 8.33. The molecule has 0 aromatic carbocycles. The van der Waals surface area contributed by atoms with Crippen LogP contribution in [0.4, 0.5) is 0 Å². The fourth-order valence-electron chi connectivity index (χ4n) is 3.50. The highest BCUT2D eigenvalue weighted by atomic mass is 32.2. The number of aliphatic hydroxyl groups is 1. The van der Waals surface area contributed by atoms with Crippen molar-refractivity contribution in [3.63, 3.8) is 0 Å². The van der Waals surface area contributed by atoms with Crippen LogP contribution in [0.25, 0.3) is 0 Å². The van der Waals surface area contributed by atoms with Crippen molar-refractivity contribution >= 4 is 11.4 Å². The van der Waals surface area contributed by atoms with E-state index in [9.17, 15) is 9.66 Å². The molecule has 2 rings (SSSR count). The van der Waals surface area contributed by atoms with Gasteiger partial charge in [0, 0.05) is 11.4 Å². The van der Waals surface area contributed by atoms with E-state index < -0.39 is 11.4 Å². The predicted molar refractivity (Wildman–Crippen MR) is 75.6 cm³/mol. The van der Waals surface area contributed by atoms with Crippen LogP contribution in [0.2, 0.25) is 0 Å². The molecule has 2 aliphatic rings. The summed E-state index contributed by atoms with van der Waals surface area (Å²) in [6.07, 6.45) is 7.64. The van der Waals surface area contributed by atoms with Crippen LogP contribution < -0.4 is 4.72 Å². The molecule has 0 aliphatic heterocycles. The summed E-state index contributed by atoms with van der Waals surface area (Å²) in [7, 11) is 0. The van der Waals surface area contributed by atoms with Crippen molar-refractivity contribution in [1.29, 1.82) is 0 Å². The number of rotatable bonds is 2. The summed E-state index contributed by atoms with van der Waals surface area (Å²) in [5, 5.41) is 9.99. The van der Waals surface area contributed by atoms with Crippen molar-refractivity contribution in [2.45, 2.75) is 82.6 Å². The van der Waals surface area contributed by atoms with Gasteiger partial charge in [-0.3, -0.25) is 0 Å². The zero-order chi connectivity index (χ0) is 13.4. The van der Waals surface area contributed by atoms with E-state index in [0.29, 0.717) is 0 Å². The third-order valence-electron chi connectivity index (χ3n) is 4.54. The largest absolute Gasteiger partial charge is 0.598 e. The van der Waals surface area contributed by atoms with E-state index >= 15 is 0 Å². The molecule has 1 unspecified atom stereocenters. The highest BCUT2D eigenvalue weighted by Crippen LogP contribution is 2.49. The van der Waals surface area contributed by atoms with Crippen LogP contribution in [0, 0.1) is 5.41 Å². The minimum atomic E-state index is -1.03. The molecule has 1 spiro atoms. The summed E-state index contributed by atoms with van der Waals surface area (Å²) in [6, 6.07) is 0.229. The Morgan fingerprint density at radius 3 is 2.39 bits per heavy atom. The fourth-order valence-corrected chi connectivity index (χ4v) is 4.46. The lowest BCUT2D eigenvalue weighted by molar-refractivity contribution is 0.127. The molecule has 18 heavy (non-hydrogen) atoms. The number of nitrogens with one attached hydrogen (secondary N) is 1. The van der Waals surface area contributed by atoms with Gasteiger partial charge in [-0.2, -0.15) is 0 Å². The summed E-state index contributed by atoms with van der Waals surface area (Å²) in [6.45, 7) is 5.99. The minimum absolute atomic E-state index is 0.207. The van der Waals surface area contributed by atoms with Gasteiger partial charge in [-0.15, -0.1) is 4.72 Å². The number of hydrogen-bond donors (Lipinski definition) is 2. The Kier molecular flexibility index (Phi) is 4.32. The molecule has 2 saturated carbocycles. The van der Waals surface area contributed by atoms with Gasteiger partial charge in [0.2, 0.25) is 0 Å². The van der Waals surface area contributed by atoms with E-state index in [-0.39, 0.29) is 22.3 Å². The van der Waals surface area contributed by atoms with E-state index in [1.54, 1.807) is 0 Å². The van der Waals surface area contributed by atoms with Gasteiger partial charge in [0.05, 0.1) is 12.1 Å². The van der Waals surface area contributed by atoms with Crippen molar-refractivity contribution in [2.24, 2.45) is 5.41 Å². The van der Waals surface area contributed by atoms with E-state index in [2.05, 4.69) is 4.72 Å². The number of aliphatic hydroxyl groups excluding tert-OH is 1. The van der Waals surface area contributed by atoms with Crippen molar-refractivity contribution in [3.05, 3.63) is 0 Å². The van der Waals surface area contributed by atoms with Crippen LogP contribution in [0.1, 0.15) is 65.7 Å². The molecule has 2 fully saturated rings. The van der Waals surface area contributed by atoms with E-state index in [0.717, 1.165) is 12.8 Å². The molecule has 0 bridgehead atoms. The summed E-state index contributed by atoms with van der Waals surface area (Å²) in [5.41, 5.74) is 0.207. The molecule has 0 aromatic rings. The zero-order valence-electron chi connectivity index (χ0n) is 11.9. The van der Waals surface area contributed by atoms with Gasteiger partial charge >= 0.3 is 0 Å². The Labute approximate surface area is 114 Å². The average Bonchev–Trinajstić information content (AvgIpc) is 2.54. The quantitative estimate of drug-likeness (QED) is 0.760. The second-order valence-electron chi connectivity index (χ2n) is 7.07. The van der Waals surface area contributed by atoms with E-state index in [1.807, 2.05) is 20.8 Å². The lowest BCUT2D eigenvalue weighted by Gasteiger charge is -2.40. The van der Waals surface area contributed by atoms with Crippen molar-refractivity contribution in [1.82, 2.24) is 4.72 Å². The maximum absolute atomic E-state index is 12.3. The third-order valence-corrected chi connectivity index (χ3v) is 6.15. The summed E-state index contributed by atoms with van der Waals surface area (Å²) < 4.78 is 15.4. The lowest BCUT2D eigenvalue weighted by atomic mass is 9.70. The Balaban J connectivity index is 2.05. The SMILES string of the molecule is CC(C)(C)[S+]([O-])N[C@@H]1C[C@@H](O)CC12CCCCC2. The molecule has 0 aromatic heterocycles. The Morgan fingerprint density at radius 1 is 1.22 bits per heavy atom. The molecule has 3 nitrogen and oxygen atoms in total. The average molecular weight is 273 g/mol. The van der Waals surface area contributed by atoms with Crippen LogP contribution in [0.15, 0.2) is 0 Å². The molecule has 106 valence electrons. The fraction of sp³-hybridized carbons (Fsp3) is 1.00. The van der Waals surface area contributed by atoms with Gasteiger partial charge in [0.15, 0.2) is 0 Å². The van der Waals surface area contributed by atoms with Gasteiger partial charge in [-0.05, 0) is 51.9 Å². The van der Waals surface area contributed by atoms with E-state index in [1.165, 1.54) is 32.1 Å². The van der Waals surface area contributed by atoms with Crippen LogP contribution in [-0.4, -0.2) is 26.6 Å². The van der Waals surface area contributed by atoms with Gasteiger partial charge in [-0.1, -0.05) is 19.3 Å². The highest BCUT2D eigenvalue weighted by Gasteiger charge is 2.49. The second kappa shape index (κ2) is 5.31. The van der Waals surface area contributed by atoms with Crippen LogP contribution >= 0.6 is 0 Å². The molecule has 0 radical (unpaired) electrons. The molecule has 0 saturated heterocycles. The first-order valence-electron chi connectivity index (χ1n) is 7.20. The predicted octanol–water partition coefficient (Wildman–Crippen LogP) is 2.51. The van der Waals surface area contributed by atoms with Gasteiger partial charge in [0.25, 0.3) is 0 Å². The first kappa shape index (κ1) is 14.6. The minimum Gasteiger partial charge on any atom is -0.598 e. The molecular weight excluding hydrogens is 246 g/mol. The van der Waals surface area contributed by atoms with Crippen LogP contribution in [0.5, 0.6) is 0 Å². The highest BCUT2D eigenvalue weighted by molar-refractivity contribution is 7.90. The van der Waals surface area contributed by atoms with Crippen molar-refractivity contribution in [3.8, 4) is 0 Å². The van der Waals surface area contributed by atoms with Crippen LogP contribution in [-0.2, 0) is 11.4 Å². The van der Waals surface area contributed by atoms with E-state index in [4.69, 9.17) is 0 Å². The van der Waals surface area contributed by atoms with Crippen LogP contribution in [0.3, 0.4) is 0 Å². The topological polar surface area (TPSA) is 55.3 Å². The molecular formula is C14H27NO2S. The standard InChI is InChI=1S/C14H27NO2S/c1-13(2,3)18(17)15-12-9-11(16)10-14(12)7-5-4-6-8-14/h11-12,15-16H,4-10H2,1-3H3/t11-,12-,18?/m1/s1. The van der Waals surface area contributed by atoms with Crippen molar-refractivity contribution < 1.29 is 9.66 Å². The van der Waals surface area contributed by atoms with Gasteiger partial charge in [0.1, 0.15) is 4.75 Å². The maximum atomic E-state index is 12.3. The molecule has 2 aliphatic carbocycles. The maximum Gasteiger partial charge on any atom is 0.136 e. The Bertz CT molecular complexity index is 284. The normalized spacial score (nSPS) is 33.8. The lowest BCUT2D eigenvalue weighted by Crippen LogP contribution is -2.50. The second-order valence-corrected chi connectivity index (χ2v) is 9.07. The Morgan fingerprint density at radius 2 is 1.83 bits per heavy atom. The summed E-state index contributed by atoms with van der Waals surface area (Å²) >= 11 is -1.03. The van der Waals surface area contributed by atoms with Gasteiger partial charge < -0.3 is 9.66 Å². The third kappa shape index (κ3) is 3.03. The molecule has 2 N–H and O–H groups in total. The molecule has 3 atom stereocenters. The molecule has 0 amide bonds. The molecule has 0 heterocycles. The summed E-state index contributed by atoms with van der Waals surface area (Å²) in [5.74, 6) is 0. The number of hydrogen-bond acceptors (Lipinski definition) is 3. The summed E-state index contributed by atoms with van der Waals surface area (Å²) in [4.78, 5) is 0. The molecule has 4 heteroatoms. The smallest absolute Gasteiger partial charge is 0.136 e. The monoisotopic (exact) mass is 273 g/mol. The van der Waals surface area contributed by atoms with Crippen molar-refractivity contribution in [2.75, 3.05) is 0 Å². The zero-order valence-corrected chi connectivity index (χ0v) is 12.7. The first-order valence-corrected chi connectivity index (χ1v) is 8.35. The van der Waals surface area contributed by atoms with Gasteiger partial charge in [-0.25, -0.2) is 0 Å². The Hall–Kier alpha value is 0.230.